The minimum atomic E-state index is -0.835. The van der Waals surface area contributed by atoms with Gasteiger partial charge in [-0.3, -0.25) is 4.90 Å². The lowest BCUT2D eigenvalue weighted by molar-refractivity contribution is 0.0694. The number of carboxylic acid groups (broad SMARTS) is 1. The molecule has 4 heteroatoms. The van der Waals surface area contributed by atoms with Gasteiger partial charge in [0.25, 0.3) is 0 Å². The molecule has 1 saturated heterocycles. The van der Waals surface area contributed by atoms with Crippen molar-refractivity contribution in [1.29, 1.82) is 0 Å². The molecule has 0 saturated carbocycles. The van der Waals surface area contributed by atoms with Crippen molar-refractivity contribution in [3.8, 4) is 0 Å². The smallest absolute Gasteiger partial charge is 0.336 e. The second-order valence-corrected chi connectivity index (χ2v) is 5.49. The van der Waals surface area contributed by atoms with Crippen LogP contribution in [0, 0.1) is 0 Å². The lowest BCUT2D eigenvalue weighted by atomic mass is 10.0. The molecule has 1 fully saturated rings. The molecule has 1 heterocycles. The van der Waals surface area contributed by atoms with Crippen molar-refractivity contribution < 1.29 is 9.90 Å². The first kappa shape index (κ1) is 15.0. The largest absolute Gasteiger partial charge is 0.478 e. The summed E-state index contributed by atoms with van der Waals surface area (Å²) in [7, 11) is 0. The van der Waals surface area contributed by atoms with E-state index in [-0.39, 0.29) is 0 Å². The Labute approximate surface area is 120 Å². The van der Waals surface area contributed by atoms with Gasteiger partial charge in [0.1, 0.15) is 0 Å². The van der Waals surface area contributed by atoms with Gasteiger partial charge in [-0.15, -0.1) is 0 Å². The Balaban J connectivity index is 1.97. The minimum absolute atomic E-state index is 0.427. The lowest BCUT2D eigenvalue weighted by Gasteiger charge is -2.34. The molecule has 0 bridgehead atoms. The SMILES string of the molecule is CCCCC1CN(Cc2ccccc2C(=O)O)CCN1. The van der Waals surface area contributed by atoms with Crippen molar-refractivity contribution in [2.75, 3.05) is 19.6 Å². The van der Waals surface area contributed by atoms with E-state index in [2.05, 4.69) is 17.1 Å². The Morgan fingerprint density at radius 2 is 2.25 bits per heavy atom. The number of hydrogen-bond donors (Lipinski definition) is 2. The Hall–Kier alpha value is -1.39. The summed E-state index contributed by atoms with van der Waals surface area (Å²) in [5.41, 5.74) is 1.34. The second-order valence-electron chi connectivity index (χ2n) is 5.49. The van der Waals surface area contributed by atoms with Crippen LogP contribution in [-0.2, 0) is 6.54 Å². The minimum Gasteiger partial charge on any atom is -0.478 e. The summed E-state index contributed by atoms with van der Waals surface area (Å²) >= 11 is 0. The average molecular weight is 276 g/mol. The van der Waals surface area contributed by atoms with Gasteiger partial charge in [0.15, 0.2) is 0 Å². The molecule has 4 nitrogen and oxygen atoms in total. The molecule has 1 aliphatic heterocycles. The molecule has 1 unspecified atom stereocenters. The maximum Gasteiger partial charge on any atom is 0.336 e. The number of carbonyl (C=O) groups is 1. The summed E-state index contributed by atoms with van der Waals surface area (Å²) in [6.07, 6.45) is 3.67. The Morgan fingerprint density at radius 3 is 3.00 bits per heavy atom. The van der Waals surface area contributed by atoms with Crippen molar-refractivity contribution in [1.82, 2.24) is 10.2 Å². The second kappa shape index (κ2) is 7.41. The fourth-order valence-electron chi connectivity index (χ4n) is 2.79. The Morgan fingerprint density at radius 1 is 1.45 bits per heavy atom. The first-order valence-electron chi connectivity index (χ1n) is 7.47. The third kappa shape index (κ3) is 4.05. The van der Waals surface area contributed by atoms with Crippen molar-refractivity contribution in [3.05, 3.63) is 35.4 Å². The van der Waals surface area contributed by atoms with E-state index in [1.165, 1.54) is 19.3 Å². The fraction of sp³-hybridized carbons (Fsp3) is 0.562. The molecule has 2 rings (SSSR count). The van der Waals surface area contributed by atoms with Crippen molar-refractivity contribution >= 4 is 5.97 Å². The summed E-state index contributed by atoms with van der Waals surface area (Å²) in [6, 6.07) is 7.86. The molecule has 1 atom stereocenters. The molecule has 1 aromatic carbocycles. The van der Waals surface area contributed by atoms with Crippen LogP contribution in [0.3, 0.4) is 0 Å². The van der Waals surface area contributed by atoms with E-state index in [0.717, 1.165) is 31.7 Å². The zero-order valence-corrected chi connectivity index (χ0v) is 12.1. The molecule has 2 N–H and O–H groups in total. The fourth-order valence-corrected chi connectivity index (χ4v) is 2.79. The molecule has 20 heavy (non-hydrogen) atoms. The molecule has 0 amide bonds. The maximum absolute atomic E-state index is 11.2. The van der Waals surface area contributed by atoms with E-state index < -0.39 is 5.97 Å². The number of rotatable bonds is 6. The normalized spacial score (nSPS) is 19.9. The van der Waals surface area contributed by atoms with Gasteiger partial charge in [-0.25, -0.2) is 4.79 Å². The van der Waals surface area contributed by atoms with E-state index in [9.17, 15) is 9.90 Å². The van der Waals surface area contributed by atoms with E-state index in [0.29, 0.717) is 11.6 Å². The van der Waals surface area contributed by atoms with Gasteiger partial charge in [-0.2, -0.15) is 0 Å². The molecular formula is C16H24N2O2. The van der Waals surface area contributed by atoms with Crippen LogP contribution in [0.25, 0.3) is 0 Å². The molecule has 1 aromatic rings. The number of carboxylic acids is 1. The molecule has 1 aliphatic rings. The lowest BCUT2D eigenvalue weighted by Crippen LogP contribution is -2.50. The summed E-state index contributed by atoms with van der Waals surface area (Å²) in [6.45, 7) is 5.92. The molecule has 0 spiro atoms. The van der Waals surface area contributed by atoms with Crippen LogP contribution in [-0.4, -0.2) is 41.7 Å². The van der Waals surface area contributed by atoms with Crippen molar-refractivity contribution in [2.45, 2.75) is 38.8 Å². The Bertz CT molecular complexity index is 448. The van der Waals surface area contributed by atoms with Gasteiger partial charge in [-0.05, 0) is 18.1 Å². The summed E-state index contributed by atoms with van der Waals surface area (Å²) in [4.78, 5) is 13.6. The van der Waals surface area contributed by atoms with E-state index in [1.807, 2.05) is 12.1 Å². The molecule has 110 valence electrons. The number of unbranched alkanes of at least 4 members (excludes halogenated alkanes) is 1. The predicted octanol–water partition coefficient (Wildman–Crippen LogP) is 2.35. The standard InChI is InChI=1S/C16H24N2O2/c1-2-3-7-14-12-18(10-9-17-14)11-13-6-4-5-8-15(13)16(19)20/h4-6,8,14,17H,2-3,7,9-12H2,1H3,(H,19,20). The zero-order valence-electron chi connectivity index (χ0n) is 12.1. The van der Waals surface area contributed by atoms with Crippen LogP contribution in [0.5, 0.6) is 0 Å². The molecule has 0 aromatic heterocycles. The maximum atomic E-state index is 11.2. The summed E-state index contributed by atoms with van der Waals surface area (Å²) in [5.74, 6) is -0.835. The summed E-state index contributed by atoms with van der Waals surface area (Å²) < 4.78 is 0. The molecule has 0 radical (unpaired) electrons. The number of nitrogens with zero attached hydrogens (tertiary/aromatic N) is 1. The first-order valence-corrected chi connectivity index (χ1v) is 7.47. The number of benzene rings is 1. The zero-order chi connectivity index (χ0) is 14.4. The average Bonchev–Trinajstić information content (AvgIpc) is 2.46. The van der Waals surface area contributed by atoms with E-state index >= 15 is 0 Å². The summed E-state index contributed by atoms with van der Waals surface area (Å²) in [5, 5.41) is 12.8. The number of nitrogens with one attached hydrogen (secondary N) is 1. The highest BCUT2D eigenvalue weighted by Gasteiger charge is 2.20. The quantitative estimate of drug-likeness (QED) is 0.837. The predicted molar refractivity (Wildman–Crippen MR) is 80.0 cm³/mol. The van der Waals surface area contributed by atoms with E-state index in [4.69, 9.17) is 0 Å². The van der Waals surface area contributed by atoms with Crippen LogP contribution < -0.4 is 5.32 Å². The Kier molecular flexibility index (Phi) is 5.56. The van der Waals surface area contributed by atoms with Gasteiger partial charge in [-0.1, -0.05) is 38.0 Å². The van der Waals surface area contributed by atoms with Crippen LogP contribution in [0.1, 0.15) is 42.1 Å². The number of piperazine rings is 1. The van der Waals surface area contributed by atoms with Crippen LogP contribution in [0.15, 0.2) is 24.3 Å². The van der Waals surface area contributed by atoms with Gasteiger partial charge in [0.2, 0.25) is 0 Å². The highest BCUT2D eigenvalue weighted by Crippen LogP contribution is 2.14. The van der Waals surface area contributed by atoms with Gasteiger partial charge >= 0.3 is 5.97 Å². The third-order valence-electron chi connectivity index (χ3n) is 3.89. The van der Waals surface area contributed by atoms with Crippen molar-refractivity contribution in [3.63, 3.8) is 0 Å². The molecular weight excluding hydrogens is 252 g/mol. The monoisotopic (exact) mass is 276 g/mol. The van der Waals surface area contributed by atoms with Crippen LogP contribution in [0.4, 0.5) is 0 Å². The van der Waals surface area contributed by atoms with Gasteiger partial charge < -0.3 is 10.4 Å². The number of aromatic carboxylic acids is 1. The van der Waals surface area contributed by atoms with Gasteiger partial charge in [0.05, 0.1) is 5.56 Å². The highest BCUT2D eigenvalue weighted by molar-refractivity contribution is 5.89. The third-order valence-corrected chi connectivity index (χ3v) is 3.89. The topological polar surface area (TPSA) is 52.6 Å². The highest BCUT2D eigenvalue weighted by atomic mass is 16.4. The number of hydrogen-bond acceptors (Lipinski definition) is 3. The van der Waals surface area contributed by atoms with Gasteiger partial charge in [0, 0.05) is 32.2 Å². The van der Waals surface area contributed by atoms with Crippen LogP contribution >= 0.6 is 0 Å². The van der Waals surface area contributed by atoms with E-state index in [1.54, 1.807) is 12.1 Å². The van der Waals surface area contributed by atoms with Crippen molar-refractivity contribution in [2.24, 2.45) is 0 Å². The first-order chi connectivity index (χ1) is 9.70. The molecule has 0 aliphatic carbocycles. The van der Waals surface area contributed by atoms with Crippen LogP contribution in [0.2, 0.25) is 0 Å².